The number of urea groups is 1. The molecular weight excluding hydrogens is 326 g/mol. The number of aromatic hydroxyl groups is 1. The van der Waals surface area contributed by atoms with Gasteiger partial charge in [-0.25, -0.2) is 4.79 Å². The molecule has 0 saturated heterocycles. The van der Waals surface area contributed by atoms with Crippen molar-refractivity contribution in [2.24, 2.45) is 0 Å². The van der Waals surface area contributed by atoms with Crippen molar-refractivity contribution >= 4 is 17.4 Å². The zero-order valence-corrected chi connectivity index (χ0v) is 14.9. The molecule has 0 spiro atoms. The molecule has 1 aromatic carbocycles. The summed E-state index contributed by atoms with van der Waals surface area (Å²) in [4.78, 5) is 15.3. The molecule has 1 unspecified atom stereocenters. The second kappa shape index (κ2) is 8.56. The van der Waals surface area contributed by atoms with E-state index in [9.17, 15) is 9.90 Å². The first-order chi connectivity index (χ1) is 11.5. The highest BCUT2D eigenvalue weighted by Gasteiger charge is 2.16. The summed E-state index contributed by atoms with van der Waals surface area (Å²) in [5, 5.41) is 17.4. The Morgan fingerprint density at radius 1 is 1.33 bits per heavy atom. The molecule has 0 aliphatic rings. The van der Waals surface area contributed by atoms with Crippen LogP contribution in [0.3, 0.4) is 0 Å². The van der Waals surface area contributed by atoms with Crippen LogP contribution in [-0.2, 0) is 6.54 Å². The van der Waals surface area contributed by atoms with Gasteiger partial charge in [-0.2, -0.15) is 0 Å². The molecule has 1 heterocycles. The molecule has 2 amide bonds. The van der Waals surface area contributed by atoms with Gasteiger partial charge >= 0.3 is 6.03 Å². The quantitative estimate of drug-likeness (QED) is 0.718. The van der Waals surface area contributed by atoms with Gasteiger partial charge in [0.25, 0.3) is 0 Å². The molecule has 0 radical (unpaired) electrons. The van der Waals surface area contributed by atoms with Crippen molar-refractivity contribution in [3.05, 3.63) is 46.2 Å². The Balaban J connectivity index is 1.83. The predicted octanol–water partition coefficient (Wildman–Crippen LogP) is 2.56. The van der Waals surface area contributed by atoms with Crippen molar-refractivity contribution in [1.82, 2.24) is 15.5 Å². The highest BCUT2D eigenvalue weighted by molar-refractivity contribution is 7.10. The lowest BCUT2D eigenvalue weighted by atomic mass is 10.2. The van der Waals surface area contributed by atoms with E-state index in [4.69, 9.17) is 4.74 Å². The van der Waals surface area contributed by atoms with Gasteiger partial charge in [0.1, 0.15) is 0 Å². The van der Waals surface area contributed by atoms with Crippen LogP contribution in [-0.4, -0.2) is 43.8 Å². The van der Waals surface area contributed by atoms with E-state index in [-0.39, 0.29) is 17.8 Å². The van der Waals surface area contributed by atoms with Gasteiger partial charge in [0.2, 0.25) is 0 Å². The predicted molar refractivity (Wildman–Crippen MR) is 95.6 cm³/mol. The fourth-order valence-corrected chi connectivity index (χ4v) is 3.22. The minimum Gasteiger partial charge on any atom is -0.504 e. The van der Waals surface area contributed by atoms with Gasteiger partial charge in [-0.05, 0) is 43.2 Å². The molecule has 0 aliphatic heterocycles. The van der Waals surface area contributed by atoms with Crippen LogP contribution in [0, 0.1) is 0 Å². The summed E-state index contributed by atoms with van der Waals surface area (Å²) >= 11 is 1.67. The number of ether oxygens (including phenoxy) is 1. The molecule has 1 aromatic heterocycles. The molecule has 2 aromatic rings. The van der Waals surface area contributed by atoms with Crippen molar-refractivity contribution in [2.75, 3.05) is 27.7 Å². The Morgan fingerprint density at radius 3 is 2.71 bits per heavy atom. The molecule has 0 bridgehead atoms. The summed E-state index contributed by atoms with van der Waals surface area (Å²) in [6.07, 6.45) is 0. The Labute approximate surface area is 146 Å². The van der Waals surface area contributed by atoms with Crippen molar-refractivity contribution in [3.63, 3.8) is 0 Å². The standard InChI is InChI=1S/C17H23N3O3S/c1-20(2)13(16-5-4-8-24-16)11-19-17(22)18-10-12-6-7-15(23-3)14(21)9-12/h4-9,13,21H,10-11H2,1-3H3,(H2,18,19,22). The number of hydrogen-bond donors (Lipinski definition) is 3. The molecule has 3 N–H and O–H groups in total. The van der Waals surface area contributed by atoms with E-state index in [1.807, 2.05) is 25.5 Å². The Morgan fingerprint density at radius 2 is 2.12 bits per heavy atom. The van der Waals surface area contributed by atoms with Crippen LogP contribution in [0.5, 0.6) is 11.5 Å². The lowest BCUT2D eigenvalue weighted by Crippen LogP contribution is -2.40. The Kier molecular flexibility index (Phi) is 6.45. The molecule has 6 nitrogen and oxygen atoms in total. The number of thiophene rings is 1. The van der Waals surface area contributed by atoms with Crippen molar-refractivity contribution in [3.8, 4) is 11.5 Å². The summed E-state index contributed by atoms with van der Waals surface area (Å²) < 4.78 is 4.99. The number of benzene rings is 1. The number of amides is 2. The average Bonchev–Trinajstić information content (AvgIpc) is 3.07. The van der Waals surface area contributed by atoms with Crippen LogP contribution in [0.15, 0.2) is 35.7 Å². The van der Waals surface area contributed by atoms with Crippen LogP contribution in [0.4, 0.5) is 4.79 Å². The Hall–Kier alpha value is -2.25. The zero-order valence-electron chi connectivity index (χ0n) is 14.1. The summed E-state index contributed by atoms with van der Waals surface area (Å²) in [5.74, 6) is 0.468. The van der Waals surface area contributed by atoms with Gasteiger partial charge in [0.15, 0.2) is 11.5 Å². The van der Waals surface area contributed by atoms with Gasteiger partial charge in [-0.3, -0.25) is 0 Å². The summed E-state index contributed by atoms with van der Waals surface area (Å²) in [5.41, 5.74) is 0.797. The van der Waals surface area contributed by atoms with Crippen molar-refractivity contribution in [2.45, 2.75) is 12.6 Å². The van der Waals surface area contributed by atoms with E-state index in [0.29, 0.717) is 18.8 Å². The molecule has 0 aliphatic carbocycles. The first-order valence-electron chi connectivity index (χ1n) is 7.58. The number of phenols is 1. The minimum atomic E-state index is -0.242. The van der Waals surface area contributed by atoms with Crippen LogP contribution in [0.25, 0.3) is 0 Å². The highest BCUT2D eigenvalue weighted by Crippen LogP contribution is 2.26. The summed E-state index contributed by atoms with van der Waals surface area (Å²) in [7, 11) is 5.48. The topological polar surface area (TPSA) is 73.8 Å². The number of carbonyl (C=O) groups is 1. The third-order valence-corrected chi connectivity index (χ3v) is 4.62. The van der Waals surface area contributed by atoms with Crippen LogP contribution in [0.2, 0.25) is 0 Å². The second-order valence-corrected chi connectivity index (χ2v) is 6.54. The van der Waals surface area contributed by atoms with E-state index in [0.717, 1.165) is 5.56 Å². The van der Waals surface area contributed by atoms with E-state index < -0.39 is 0 Å². The van der Waals surface area contributed by atoms with E-state index in [2.05, 4.69) is 21.6 Å². The van der Waals surface area contributed by atoms with E-state index >= 15 is 0 Å². The molecule has 2 rings (SSSR count). The summed E-state index contributed by atoms with van der Waals surface area (Å²) in [6, 6.07) is 9.01. The Bertz CT molecular complexity index is 659. The van der Waals surface area contributed by atoms with Gasteiger partial charge in [0, 0.05) is 18.0 Å². The van der Waals surface area contributed by atoms with Gasteiger partial charge in [-0.15, -0.1) is 11.3 Å². The fourth-order valence-electron chi connectivity index (χ4n) is 2.30. The number of hydrogen-bond acceptors (Lipinski definition) is 5. The third-order valence-electron chi connectivity index (χ3n) is 3.65. The highest BCUT2D eigenvalue weighted by atomic mass is 32.1. The normalized spacial score (nSPS) is 12.0. The number of carbonyl (C=O) groups excluding carboxylic acids is 1. The molecule has 130 valence electrons. The van der Waals surface area contributed by atoms with E-state index in [1.165, 1.54) is 12.0 Å². The minimum absolute atomic E-state index is 0.0579. The number of methoxy groups -OCH3 is 1. The number of nitrogens with one attached hydrogen (secondary N) is 2. The first-order valence-corrected chi connectivity index (χ1v) is 8.46. The van der Waals surface area contributed by atoms with E-state index in [1.54, 1.807) is 29.5 Å². The van der Waals surface area contributed by atoms with Gasteiger partial charge in [-0.1, -0.05) is 12.1 Å². The number of likely N-dealkylation sites (N-methyl/N-ethyl adjacent to an activating group) is 1. The summed E-state index contributed by atoms with van der Waals surface area (Å²) in [6.45, 7) is 0.849. The maximum Gasteiger partial charge on any atom is 0.315 e. The number of rotatable bonds is 7. The van der Waals surface area contributed by atoms with Crippen molar-refractivity contribution < 1.29 is 14.6 Å². The number of nitrogens with zero attached hydrogens (tertiary/aromatic N) is 1. The van der Waals surface area contributed by atoms with Gasteiger partial charge in [0.05, 0.1) is 13.2 Å². The molecule has 24 heavy (non-hydrogen) atoms. The smallest absolute Gasteiger partial charge is 0.315 e. The second-order valence-electron chi connectivity index (χ2n) is 5.56. The SMILES string of the molecule is COc1ccc(CNC(=O)NCC(c2cccs2)N(C)C)cc1O. The zero-order chi connectivity index (χ0) is 17.5. The fraction of sp³-hybridized carbons (Fsp3) is 0.353. The van der Waals surface area contributed by atoms with Crippen LogP contribution < -0.4 is 15.4 Å². The maximum atomic E-state index is 12.0. The third kappa shape index (κ3) is 4.87. The largest absolute Gasteiger partial charge is 0.504 e. The molecule has 0 saturated carbocycles. The lowest BCUT2D eigenvalue weighted by Gasteiger charge is -2.23. The van der Waals surface area contributed by atoms with Gasteiger partial charge < -0.3 is 25.4 Å². The van der Waals surface area contributed by atoms with Crippen LogP contribution >= 0.6 is 11.3 Å². The molecular formula is C17H23N3O3S. The maximum absolute atomic E-state index is 12.0. The molecule has 1 atom stereocenters. The number of phenolic OH excluding ortho intramolecular Hbond substituents is 1. The molecule has 7 heteroatoms. The van der Waals surface area contributed by atoms with Crippen molar-refractivity contribution in [1.29, 1.82) is 0 Å². The first kappa shape index (κ1) is 18.1. The lowest BCUT2D eigenvalue weighted by molar-refractivity contribution is 0.233. The average molecular weight is 349 g/mol. The monoisotopic (exact) mass is 349 g/mol. The van der Waals surface area contributed by atoms with Crippen LogP contribution in [0.1, 0.15) is 16.5 Å². The molecule has 0 fully saturated rings.